The minimum atomic E-state index is 0.473. The van der Waals surface area contributed by atoms with Crippen molar-refractivity contribution in [1.82, 2.24) is 4.90 Å². The number of rotatable bonds is 5. The third kappa shape index (κ3) is 3.53. The van der Waals surface area contributed by atoms with E-state index in [1.807, 2.05) is 12.1 Å². The second-order valence-corrected chi connectivity index (χ2v) is 6.25. The van der Waals surface area contributed by atoms with Crippen LogP contribution in [-0.2, 0) is 6.54 Å². The van der Waals surface area contributed by atoms with Gasteiger partial charge in [0.15, 0.2) is 0 Å². The lowest BCUT2D eigenvalue weighted by Crippen LogP contribution is -2.32. The van der Waals surface area contributed by atoms with E-state index >= 15 is 0 Å². The van der Waals surface area contributed by atoms with Gasteiger partial charge in [-0.3, -0.25) is 4.90 Å². The van der Waals surface area contributed by atoms with E-state index in [1.165, 1.54) is 12.8 Å². The minimum Gasteiger partial charge on any atom is -0.396 e. The lowest BCUT2D eigenvalue weighted by molar-refractivity contribution is 0.204. The van der Waals surface area contributed by atoms with Crippen LogP contribution in [0.25, 0.3) is 0 Å². The molecule has 0 radical (unpaired) electrons. The number of halogens is 2. The summed E-state index contributed by atoms with van der Waals surface area (Å²) in [5, 5.41) is 1.10. The maximum atomic E-state index is 6.07. The maximum absolute atomic E-state index is 6.07. The summed E-state index contributed by atoms with van der Waals surface area (Å²) < 4.78 is 0. The van der Waals surface area contributed by atoms with Crippen LogP contribution < -0.4 is 5.73 Å². The van der Waals surface area contributed by atoms with Crippen molar-refractivity contribution in [2.75, 3.05) is 12.3 Å². The second-order valence-electron chi connectivity index (χ2n) is 5.44. The number of hydrogen-bond acceptors (Lipinski definition) is 2. The molecule has 0 bridgehead atoms. The molecule has 1 fully saturated rings. The van der Waals surface area contributed by atoms with Gasteiger partial charge in [0.1, 0.15) is 0 Å². The van der Waals surface area contributed by atoms with Gasteiger partial charge >= 0.3 is 0 Å². The fraction of sp³-hybridized carbons (Fsp3) is 0.571. The largest absolute Gasteiger partial charge is 0.396 e. The van der Waals surface area contributed by atoms with Crippen LogP contribution in [0.2, 0.25) is 10.0 Å². The summed E-state index contributed by atoms with van der Waals surface area (Å²) in [6.07, 6.45) is 2.74. The Balaban J connectivity index is 2.10. The van der Waals surface area contributed by atoms with Crippen molar-refractivity contribution < 1.29 is 0 Å². The van der Waals surface area contributed by atoms with Crippen LogP contribution in [0, 0.1) is 5.92 Å². The first-order valence-electron chi connectivity index (χ1n) is 6.44. The highest BCUT2D eigenvalue weighted by Crippen LogP contribution is 2.32. The Kier molecular flexibility index (Phi) is 4.41. The smallest absolute Gasteiger partial charge is 0.0693 e. The molecule has 1 aromatic rings. The molecule has 18 heavy (non-hydrogen) atoms. The van der Waals surface area contributed by atoms with Crippen molar-refractivity contribution in [2.24, 2.45) is 5.92 Å². The first-order valence-corrected chi connectivity index (χ1v) is 7.20. The Bertz CT molecular complexity index is 405. The second kappa shape index (κ2) is 5.68. The third-order valence-corrected chi connectivity index (χ3v) is 4.07. The van der Waals surface area contributed by atoms with Crippen LogP contribution in [0.1, 0.15) is 32.3 Å². The van der Waals surface area contributed by atoms with Gasteiger partial charge in [-0.25, -0.2) is 0 Å². The highest BCUT2D eigenvalue weighted by molar-refractivity contribution is 6.38. The van der Waals surface area contributed by atoms with Gasteiger partial charge in [-0.2, -0.15) is 0 Å². The Labute approximate surface area is 119 Å². The molecule has 0 saturated heterocycles. The predicted molar refractivity (Wildman–Crippen MR) is 79.1 cm³/mol. The zero-order chi connectivity index (χ0) is 13.3. The van der Waals surface area contributed by atoms with Crippen LogP contribution in [0.5, 0.6) is 0 Å². The van der Waals surface area contributed by atoms with Gasteiger partial charge in [0.05, 0.1) is 15.7 Å². The zero-order valence-electron chi connectivity index (χ0n) is 10.9. The van der Waals surface area contributed by atoms with E-state index in [9.17, 15) is 0 Å². The fourth-order valence-electron chi connectivity index (χ4n) is 2.05. The number of nitrogens with zero attached hydrogens (tertiary/aromatic N) is 1. The molecule has 0 atom stereocenters. The summed E-state index contributed by atoms with van der Waals surface area (Å²) in [4.78, 5) is 2.47. The summed E-state index contributed by atoms with van der Waals surface area (Å²) in [6.45, 7) is 6.50. The lowest BCUT2D eigenvalue weighted by Gasteiger charge is -2.26. The normalized spacial score (nSPS) is 15.7. The molecule has 4 heteroatoms. The highest BCUT2D eigenvalue weighted by Gasteiger charge is 2.25. The van der Waals surface area contributed by atoms with E-state index in [1.54, 1.807) is 0 Å². The third-order valence-electron chi connectivity index (χ3n) is 3.44. The summed E-state index contributed by atoms with van der Waals surface area (Å²) in [6, 6.07) is 4.37. The van der Waals surface area contributed by atoms with E-state index in [4.69, 9.17) is 28.9 Å². The maximum Gasteiger partial charge on any atom is 0.0693 e. The van der Waals surface area contributed by atoms with Crippen molar-refractivity contribution in [3.05, 3.63) is 27.7 Å². The van der Waals surface area contributed by atoms with Gasteiger partial charge in [0, 0.05) is 19.1 Å². The summed E-state index contributed by atoms with van der Waals surface area (Å²) in [5.41, 5.74) is 7.36. The Hall–Kier alpha value is -0.440. The summed E-state index contributed by atoms with van der Waals surface area (Å²) >= 11 is 12.1. The number of anilines is 1. The van der Waals surface area contributed by atoms with E-state index in [0.29, 0.717) is 21.8 Å². The van der Waals surface area contributed by atoms with Crippen molar-refractivity contribution in [1.29, 1.82) is 0 Å². The molecule has 0 unspecified atom stereocenters. The van der Waals surface area contributed by atoms with Crippen LogP contribution >= 0.6 is 23.2 Å². The van der Waals surface area contributed by atoms with Crippen LogP contribution in [-0.4, -0.2) is 17.5 Å². The van der Waals surface area contributed by atoms with E-state index < -0.39 is 0 Å². The number of nitrogen functional groups attached to an aromatic ring is 1. The molecule has 0 heterocycles. The summed E-state index contributed by atoms with van der Waals surface area (Å²) in [5.74, 6) is 0.882. The van der Waals surface area contributed by atoms with E-state index in [0.717, 1.165) is 24.6 Å². The lowest BCUT2D eigenvalue weighted by atomic mass is 10.1. The quantitative estimate of drug-likeness (QED) is 0.822. The molecular formula is C14H20Cl2N2. The molecule has 0 aliphatic heterocycles. The van der Waals surface area contributed by atoms with E-state index in [-0.39, 0.29) is 0 Å². The van der Waals surface area contributed by atoms with E-state index in [2.05, 4.69) is 18.7 Å². The SMILES string of the molecule is CC(C)N(Cc1cc(Cl)c(N)c(Cl)c1)CC1CC1. The molecule has 1 aliphatic carbocycles. The van der Waals surface area contributed by atoms with Gasteiger partial charge in [-0.05, 0) is 50.3 Å². The monoisotopic (exact) mass is 286 g/mol. The topological polar surface area (TPSA) is 29.3 Å². The van der Waals surface area contributed by atoms with Crippen LogP contribution in [0.4, 0.5) is 5.69 Å². The molecule has 0 aromatic heterocycles. The molecule has 0 amide bonds. The molecule has 2 rings (SSSR count). The molecule has 1 saturated carbocycles. The first kappa shape index (κ1) is 14.0. The van der Waals surface area contributed by atoms with Crippen LogP contribution in [0.15, 0.2) is 12.1 Å². The fourth-order valence-corrected chi connectivity index (χ4v) is 2.58. The average molecular weight is 287 g/mol. The molecule has 2 nitrogen and oxygen atoms in total. The Morgan fingerprint density at radius 2 is 1.83 bits per heavy atom. The van der Waals surface area contributed by atoms with Crippen molar-refractivity contribution >= 4 is 28.9 Å². The van der Waals surface area contributed by atoms with Crippen molar-refractivity contribution in [3.63, 3.8) is 0 Å². The molecule has 1 aliphatic rings. The summed E-state index contributed by atoms with van der Waals surface area (Å²) in [7, 11) is 0. The average Bonchev–Trinajstić information content (AvgIpc) is 3.08. The molecule has 2 N–H and O–H groups in total. The Morgan fingerprint density at radius 1 is 1.28 bits per heavy atom. The zero-order valence-corrected chi connectivity index (χ0v) is 12.4. The molecule has 100 valence electrons. The van der Waals surface area contributed by atoms with Gasteiger partial charge in [-0.1, -0.05) is 23.2 Å². The first-order chi connectivity index (χ1) is 8.47. The molecule has 0 spiro atoms. The van der Waals surface area contributed by atoms with Crippen LogP contribution in [0.3, 0.4) is 0 Å². The minimum absolute atomic E-state index is 0.473. The highest BCUT2D eigenvalue weighted by atomic mass is 35.5. The Morgan fingerprint density at radius 3 is 2.28 bits per heavy atom. The van der Waals surface area contributed by atoms with Gasteiger partial charge in [0.25, 0.3) is 0 Å². The standard InChI is InChI=1S/C14H20Cl2N2/c1-9(2)18(7-10-3-4-10)8-11-5-12(15)14(17)13(16)6-11/h5-6,9-10H,3-4,7-8,17H2,1-2H3. The number of hydrogen-bond donors (Lipinski definition) is 1. The van der Waals surface area contributed by atoms with Gasteiger partial charge < -0.3 is 5.73 Å². The predicted octanol–water partition coefficient (Wildman–Crippen LogP) is 4.20. The molecular weight excluding hydrogens is 267 g/mol. The van der Waals surface area contributed by atoms with Crippen molar-refractivity contribution in [2.45, 2.75) is 39.3 Å². The number of benzene rings is 1. The van der Waals surface area contributed by atoms with Gasteiger partial charge in [0.2, 0.25) is 0 Å². The number of nitrogens with two attached hydrogens (primary N) is 1. The molecule has 1 aromatic carbocycles. The van der Waals surface area contributed by atoms with Crippen molar-refractivity contribution in [3.8, 4) is 0 Å². The van der Waals surface area contributed by atoms with Gasteiger partial charge in [-0.15, -0.1) is 0 Å².